The van der Waals surface area contributed by atoms with Crippen LogP contribution in [0.1, 0.15) is 34.6 Å². The summed E-state index contributed by atoms with van der Waals surface area (Å²) in [6.45, 7) is 11.5. The van der Waals surface area contributed by atoms with E-state index in [1.165, 1.54) is 5.31 Å². The lowest BCUT2D eigenvalue weighted by atomic mass is 10.00. The Morgan fingerprint density at radius 2 is 1.94 bits per heavy atom. The molecule has 0 saturated heterocycles. The molecule has 0 aliphatic heterocycles. The van der Waals surface area contributed by atoms with Gasteiger partial charge < -0.3 is 5.32 Å². The van der Waals surface area contributed by atoms with Crippen molar-refractivity contribution in [2.24, 2.45) is 5.92 Å². The van der Waals surface area contributed by atoms with E-state index in [4.69, 9.17) is 0 Å². The lowest BCUT2D eigenvalue weighted by molar-refractivity contribution is 0.500. The second-order valence-corrected chi connectivity index (χ2v) is 7.96. The highest BCUT2D eigenvalue weighted by Gasteiger charge is 2.24. The van der Waals surface area contributed by atoms with Gasteiger partial charge in [0.1, 0.15) is 0 Å². The van der Waals surface area contributed by atoms with Crippen LogP contribution in [0.5, 0.6) is 0 Å². The molecule has 0 spiro atoms. The van der Waals surface area contributed by atoms with Gasteiger partial charge in [-0.05, 0) is 30.4 Å². The molecule has 0 aromatic heterocycles. The van der Waals surface area contributed by atoms with Crippen molar-refractivity contribution in [3.8, 4) is 0 Å². The molecule has 2 unspecified atom stereocenters. The quantitative estimate of drug-likeness (QED) is 0.742. The first-order chi connectivity index (χ1) is 7.79. The summed E-state index contributed by atoms with van der Waals surface area (Å²) in [6.07, 6.45) is 11.2. The van der Waals surface area contributed by atoms with Crippen molar-refractivity contribution in [3.05, 3.63) is 35.7 Å². The van der Waals surface area contributed by atoms with Gasteiger partial charge in [0.15, 0.2) is 0 Å². The molecule has 0 radical (unpaired) electrons. The normalized spacial score (nSPS) is 25.7. The van der Waals surface area contributed by atoms with Gasteiger partial charge in [-0.2, -0.15) is 0 Å². The minimum absolute atomic E-state index is 0.00922. The molecule has 2 heteroatoms. The van der Waals surface area contributed by atoms with Gasteiger partial charge in [-0.3, -0.25) is 0 Å². The summed E-state index contributed by atoms with van der Waals surface area (Å²) in [5.74, 6) is 0.707. The maximum Gasteiger partial charge on any atom is 0.0525 e. The van der Waals surface area contributed by atoms with Crippen molar-refractivity contribution in [1.82, 2.24) is 5.32 Å². The minimum Gasteiger partial charge on any atom is -0.308 e. The van der Waals surface area contributed by atoms with E-state index in [0.717, 1.165) is 8.58 Å². The first kappa shape index (κ1) is 14.7. The van der Waals surface area contributed by atoms with E-state index in [1.807, 2.05) is 7.05 Å². The Kier molecular flexibility index (Phi) is 4.75. The number of nitrogens with one attached hydrogen (secondary N) is 1. The highest BCUT2D eigenvalue weighted by Crippen LogP contribution is 2.44. The van der Waals surface area contributed by atoms with Gasteiger partial charge in [-0.1, -0.05) is 66.7 Å². The fourth-order valence-corrected chi connectivity index (χ4v) is 2.87. The number of hydrogen-bond donors (Lipinski definition) is 1. The predicted molar refractivity (Wildman–Crippen MR) is 81.1 cm³/mol. The summed E-state index contributed by atoms with van der Waals surface area (Å²) in [4.78, 5) is 0. The summed E-state index contributed by atoms with van der Waals surface area (Å²) >= 11 is 0. The molecular weight excluding hydrogens is 225 g/mol. The van der Waals surface area contributed by atoms with Gasteiger partial charge >= 0.3 is 0 Å². The smallest absolute Gasteiger partial charge is 0.0525 e. The zero-order valence-electron chi connectivity index (χ0n) is 12.0. The largest absolute Gasteiger partial charge is 0.308 e. The number of hydrogen-bond acceptors (Lipinski definition) is 1. The second-order valence-electron chi connectivity index (χ2n) is 5.85. The van der Waals surface area contributed by atoms with Crippen LogP contribution in [0.3, 0.4) is 0 Å². The van der Waals surface area contributed by atoms with Crippen LogP contribution in [0, 0.1) is 5.92 Å². The van der Waals surface area contributed by atoms with Crippen LogP contribution in [0.2, 0.25) is 0 Å². The second kappa shape index (κ2) is 5.50. The molecular formula is C15H26NP. The first-order valence-corrected chi connectivity index (χ1v) is 7.35. The van der Waals surface area contributed by atoms with Crippen molar-refractivity contribution < 1.29 is 0 Å². The highest BCUT2D eigenvalue weighted by molar-refractivity contribution is 7.45. The third kappa shape index (κ3) is 4.08. The van der Waals surface area contributed by atoms with Crippen LogP contribution >= 0.6 is 8.58 Å². The monoisotopic (exact) mass is 251 g/mol. The van der Waals surface area contributed by atoms with Crippen LogP contribution in [0.15, 0.2) is 35.7 Å². The Balaban J connectivity index is 2.80. The number of likely N-dealkylation sites (N-methyl/N-ethyl adjacent to an activating group) is 1. The van der Waals surface area contributed by atoms with Crippen molar-refractivity contribution >= 4 is 8.58 Å². The minimum atomic E-state index is -0.00922. The average Bonchev–Trinajstić information content (AvgIpc) is 2.41. The lowest BCUT2D eigenvalue weighted by Crippen LogP contribution is -2.34. The lowest BCUT2D eigenvalue weighted by Gasteiger charge is -2.29. The van der Waals surface area contributed by atoms with E-state index < -0.39 is 0 Å². The van der Waals surface area contributed by atoms with Crippen molar-refractivity contribution in [3.63, 3.8) is 0 Å². The summed E-state index contributed by atoms with van der Waals surface area (Å²) in [6, 6.07) is 0. The third-order valence-electron chi connectivity index (χ3n) is 3.78. The fraction of sp³-hybridized carbons (Fsp3) is 0.600. The zero-order chi connectivity index (χ0) is 13.1. The van der Waals surface area contributed by atoms with E-state index in [1.54, 1.807) is 0 Å². The van der Waals surface area contributed by atoms with E-state index in [9.17, 15) is 0 Å². The Hall–Kier alpha value is -0.390. The Morgan fingerprint density at radius 1 is 1.29 bits per heavy atom. The van der Waals surface area contributed by atoms with E-state index >= 15 is 0 Å². The predicted octanol–water partition coefficient (Wildman–Crippen LogP) is 4.09. The molecule has 0 aromatic carbocycles. The molecule has 1 aliphatic rings. The molecule has 0 fully saturated rings. The van der Waals surface area contributed by atoms with Gasteiger partial charge in [0.2, 0.25) is 0 Å². The van der Waals surface area contributed by atoms with Crippen LogP contribution < -0.4 is 5.32 Å². The van der Waals surface area contributed by atoms with Crippen LogP contribution in [0.4, 0.5) is 0 Å². The Morgan fingerprint density at radius 3 is 2.47 bits per heavy atom. The first-order valence-electron chi connectivity index (χ1n) is 6.35. The Bertz CT molecular complexity index is 350. The van der Waals surface area contributed by atoms with Gasteiger partial charge in [0.25, 0.3) is 0 Å². The molecule has 0 aromatic rings. The zero-order valence-corrected chi connectivity index (χ0v) is 13.0. The molecule has 1 nitrogen and oxygen atoms in total. The molecule has 0 amide bonds. The van der Waals surface area contributed by atoms with Gasteiger partial charge in [-0.25, -0.2) is 0 Å². The molecule has 0 heterocycles. The summed E-state index contributed by atoms with van der Waals surface area (Å²) in [7, 11) is 2.86. The van der Waals surface area contributed by atoms with Crippen molar-refractivity contribution in [1.29, 1.82) is 0 Å². The highest BCUT2D eigenvalue weighted by atomic mass is 31.1. The molecule has 0 saturated carbocycles. The van der Waals surface area contributed by atoms with E-state index in [0.29, 0.717) is 11.1 Å². The summed E-state index contributed by atoms with van der Waals surface area (Å²) in [5.41, 5.74) is -0.00922. The van der Waals surface area contributed by atoms with Crippen LogP contribution in [-0.4, -0.2) is 17.7 Å². The maximum absolute atomic E-state index is 3.32. The SMILES string of the molecule is CNC1(C)C=CC=C(PC(C)(C)C(C)C)C=C1. The third-order valence-corrected chi connectivity index (χ3v) is 5.62. The van der Waals surface area contributed by atoms with Gasteiger partial charge in [-0.15, -0.1) is 0 Å². The molecule has 2 atom stereocenters. The fourth-order valence-electron chi connectivity index (χ4n) is 1.49. The van der Waals surface area contributed by atoms with E-state index in [-0.39, 0.29) is 5.54 Å². The van der Waals surface area contributed by atoms with Gasteiger partial charge in [0, 0.05) is 0 Å². The Labute approximate surface area is 108 Å². The topological polar surface area (TPSA) is 12.0 Å². The maximum atomic E-state index is 3.32. The molecule has 17 heavy (non-hydrogen) atoms. The van der Waals surface area contributed by atoms with Crippen molar-refractivity contribution in [2.75, 3.05) is 7.05 Å². The van der Waals surface area contributed by atoms with Crippen LogP contribution in [0.25, 0.3) is 0 Å². The molecule has 1 aliphatic carbocycles. The molecule has 96 valence electrons. The molecule has 0 bridgehead atoms. The number of allylic oxidation sites excluding steroid dienone is 4. The molecule has 1 rings (SSSR count). The average molecular weight is 251 g/mol. The van der Waals surface area contributed by atoms with E-state index in [2.05, 4.69) is 70.3 Å². The van der Waals surface area contributed by atoms with Gasteiger partial charge in [0.05, 0.1) is 5.54 Å². The van der Waals surface area contributed by atoms with Crippen LogP contribution in [-0.2, 0) is 0 Å². The number of rotatable bonds is 4. The standard InChI is InChI=1S/C15H26NP/c1-12(2)14(3,4)17-13-8-7-10-15(5,16-6)11-9-13/h7-12,16-17H,1-6H3. The summed E-state index contributed by atoms with van der Waals surface area (Å²) < 4.78 is 0. The molecule has 1 N–H and O–H groups in total. The van der Waals surface area contributed by atoms with Crippen molar-refractivity contribution in [2.45, 2.75) is 45.3 Å². The summed E-state index contributed by atoms with van der Waals surface area (Å²) in [5, 5.41) is 5.15.